The monoisotopic (exact) mass is 283 g/mol. The average molecular weight is 283 g/mol. The van der Waals surface area contributed by atoms with Crippen LogP contribution < -0.4 is 5.32 Å². The largest absolute Gasteiger partial charge is 0.507 e. The van der Waals surface area contributed by atoms with E-state index in [0.29, 0.717) is 12.8 Å². The molecule has 1 saturated heterocycles. The maximum absolute atomic E-state index is 13.0. The van der Waals surface area contributed by atoms with Crippen LogP contribution in [0.1, 0.15) is 23.2 Å². The SMILES string of the molecule is O=C(NCC1CCC(C(=O)O)O1)c1cc(F)ccc1O. The lowest BCUT2D eigenvalue weighted by Crippen LogP contribution is -2.33. The lowest BCUT2D eigenvalue weighted by Gasteiger charge is -2.12. The van der Waals surface area contributed by atoms with Crippen molar-refractivity contribution in [2.24, 2.45) is 0 Å². The molecule has 0 aliphatic carbocycles. The van der Waals surface area contributed by atoms with E-state index in [4.69, 9.17) is 9.84 Å². The molecule has 1 aromatic rings. The van der Waals surface area contributed by atoms with Crippen molar-refractivity contribution in [1.29, 1.82) is 0 Å². The zero-order valence-electron chi connectivity index (χ0n) is 10.5. The third kappa shape index (κ3) is 3.24. The number of halogens is 1. The Morgan fingerprint density at radius 3 is 2.80 bits per heavy atom. The van der Waals surface area contributed by atoms with E-state index < -0.39 is 29.9 Å². The van der Waals surface area contributed by atoms with Crippen LogP contribution in [0, 0.1) is 5.82 Å². The molecule has 1 amide bonds. The van der Waals surface area contributed by atoms with Gasteiger partial charge in [0, 0.05) is 6.54 Å². The summed E-state index contributed by atoms with van der Waals surface area (Å²) in [5.74, 6) is -2.61. The molecule has 108 valence electrons. The van der Waals surface area contributed by atoms with Gasteiger partial charge in [0.05, 0.1) is 11.7 Å². The Kier molecular flexibility index (Phi) is 4.19. The number of carboxylic acid groups (broad SMARTS) is 1. The molecule has 2 rings (SSSR count). The lowest BCUT2D eigenvalue weighted by atomic mass is 10.1. The first kappa shape index (κ1) is 14.3. The molecular formula is C13H14FNO5. The first-order valence-corrected chi connectivity index (χ1v) is 6.12. The topological polar surface area (TPSA) is 95.9 Å². The lowest BCUT2D eigenvalue weighted by molar-refractivity contribution is -0.149. The number of carbonyl (C=O) groups is 2. The second kappa shape index (κ2) is 5.87. The summed E-state index contributed by atoms with van der Waals surface area (Å²) in [6, 6.07) is 3.07. The molecule has 1 aromatic carbocycles. The second-order valence-corrected chi connectivity index (χ2v) is 4.53. The Hall–Kier alpha value is -2.15. The molecule has 1 aliphatic rings. The van der Waals surface area contributed by atoms with E-state index in [1.807, 2.05) is 0 Å². The Morgan fingerprint density at radius 1 is 1.40 bits per heavy atom. The van der Waals surface area contributed by atoms with Gasteiger partial charge in [-0.15, -0.1) is 0 Å². The van der Waals surface area contributed by atoms with Crippen molar-refractivity contribution in [2.45, 2.75) is 25.0 Å². The van der Waals surface area contributed by atoms with Crippen LogP contribution in [0.4, 0.5) is 4.39 Å². The zero-order valence-corrected chi connectivity index (χ0v) is 10.5. The van der Waals surface area contributed by atoms with Gasteiger partial charge in [-0.2, -0.15) is 0 Å². The third-order valence-corrected chi connectivity index (χ3v) is 3.08. The molecule has 1 aliphatic heterocycles. The Morgan fingerprint density at radius 2 is 2.15 bits per heavy atom. The minimum atomic E-state index is -1.03. The molecule has 0 bridgehead atoms. The fraction of sp³-hybridized carbons (Fsp3) is 0.385. The van der Waals surface area contributed by atoms with Crippen LogP contribution in [0.5, 0.6) is 5.75 Å². The van der Waals surface area contributed by atoms with E-state index in [1.165, 1.54) is 0 Å². The molecule has 0 aromatic heterocycles. The number of amides is 1. The molecule has 6 nitrogen and oxygen atoms in total. The van der Waals surface area contributed by atoms with Crippen LogP contribution in [-0.2, 0) is 9.53 Å². The fourth-order valence-corrected chi connectivity index (χ4v) is 2.03. The number of ether oxygens (including phenoxy) is 1. The summed E-state index contributed by atoms with van der Waals surface area (Å²) < 4.78 is 18.2. The van der Waals surface area contributed by atoms with Crippen LogP contribution in [0.2, 0.25) is 0 Å². The average Bonchev–Trinajstić information content (AvgIpc) is 2.88. The number of benzene rings is 1. The summed E-state index contributed by atoms with van der Waals surface area (Å²) in [6.07, 6.45) is -0.330. The van der Waals surface area contributed by atoms with Gasteiger partial charge in [-0.1, -0.05) is 0 Å². The van der Waals surface area contributed by atoms with Crippen LogP contribution >= 0.6 is 0 Å². The van der Waals surface area contributed by atoms with Crippen molar-refractivity contribution < 1.29 is 28.9 Å². The molecule has 1 fully saturated rings. The second-order valence-electron chi connectivity index (χ2n) is 4.53. The van der Waals surface area contributed by atoms with Crippen molar-refractivity contribution in [3.8, 4) is 5.75 Å². The van der Waals surface area contributed by atoms with E-state index in [-0.39, 0.29) is 17.9 Å². The molecule has 7 heteroatoms. The van der Waals surface area contributed by atoms with Crippen molar-refractivity contribution in [1.82, 2.24) is 5.32 Å². The number of aliphatic carboxylic acids is 1. The molecule has 1 heterocycles. The minimum absolute atomic E-state index is 0.110. The zero-order chi connectivity index (χ0) is 14.7. The van der Waals surface area contributed by atoms with Gasteiger partial charge in [-0.25, -0.2) is 9.18 Å². The van der Waals surface area contributed by atoms with Crippen molar-refractivity contribution >= 4 is 11.9 Å². The highest BCUT2D eigenvalue weighted by Crippen LogP contribution is 2.20. The maximum atomic E-state index is 13.0. The number of hydrogen-bond donors (Lipinski definition) is 3. The highest BCUT2D eigenvalue weighted by Gasteiger charge is 2.30. The Balaban J connectivity index is 1.90. The summed E-state index contributed by atoms with van der Waals surface area (Å²) >= 11 is 0. The predicted molar refractivity (Wildman–Crippen MR) is 65.9 cm³/mol. The third-order valence-electron chi connectivity index (χ3n) is 3.08. The number of aromatic hydroxyl groups is 1. The molecule has 20 heavy (non-hydrogen) atoms. The van der Waals surface area contributed by atoms with Crippen molar-refractivity contribution in [3.05, 3.63) is 29.6 Å². The standard InChI is InChI=1S/C13H14FNO5/c14-7-1-3-10(16)9(5-7)12(17)15-6-8-2-4-11(20-8)13(18)19/h1,3,5,8,11,16H,2,4,6H2,(H,15,17)(H,18,19). The molecular weight excluding hydrogens is 269 g/mol. The van der Waals surface area contributed by atoms with Gasteiger partial charge in [-0.3, -0.25) is 4.79 Å². The van der Waals surface area contributed by atoms with Gasteiger partial charge in [-0.05, 0) is 31.0 Å². The van der Waals surface area contributed by atoms with Gasteiger partial charge in [0.25, 0.3) is 5.91 Å². The van der Waals surface area contributed by atoms with Crippen molar-refractivity contribution in [3.63, 3.8) is 0 Å². The summed E-state index contributed by atoms with van der Waals surface area (Å²) in [5.41, 5.74) is -0.169. The number of carboxylic acids is 1. The minimum Gasteiger partial charge on any atom is -0.507 e. The Labute approximate surface area is 114 Å². The van der Waals surface area contributed by atoms with Crippen LogP contribution in [0.25, 0.3) is 0 Å². The van der Waals surface area contributed by atoms with Gasteiger partial charge in [0.1, 0.15) is 11.6 Å². The van der Waals surface area contributed by atoms with Crippen molar-refractivity contribution in [2.75, 3.05) is 6.54 Å². The summed E-state index contributed by atoms with van der Waals surface area (Å²) in [6.45, 7) is 0.110. The first-order valence-electron chi connectivity index (χ1n) is 6.12. The number of hydrogen-bond acceptors (Lipinski definition) is 4. The quantitative estimate of drug-likeness (QED) is 0.762. The Bertz CT molecular complexity index is 533. The summed E-state index contributed by atoms with van der Waals surface area (Å²) in [7, 11) is 0. The van der Waals surface area contributed by atoms with E-state index in [1.54, 1.807) is 0 Å². The van der Waals surface area contributed by atoms with Gasteiger partial charge >= 0.3 is 5.97 Å². The van der Waals surface area contributed by atoms with E-state index in [0.717, 1.165) is 18.2 Å². The maximum Gasteiger partial charge on any atom is 0.332 e. The fourth-order valence-electron chi connectivity index (χ4n) is 2.03. The van der Waals surface area contributed by atoms with Crippen LogP contribution in [0.3, 0.4) is 0 Å². The summed E-state index contributed by atoms with van der Waals surface area (Å²) in [4.78, 5) is 22.5. The van der Waals surface area contributed by atoms with Gasteiger partial charge in [0.15, 0.2) is 6.10 Å². The van der Waals surface area contributed by atoms with Crippen LogP contribution in [0.15, 0.2) is 18.2 Å². The molecule has 3 N–H and O–H groups in total. The molecule has 2 atom stereocenters. The van der Waals surface area contributed by atoms with E-state index >= 15 is 0 Å². The number of nitrogens with one attached hydrogen (secondary N) is 1. The van der Waals surface area contributed by atoms with Crippen LogP contribution in [-0.4, -0.2) is 40.8 Å². The highest BCUT2D eigenvalue weighted by atomic mass is 19.1. The summed E-state index contributed by atoms with van der Waals surface area (Å²) in [5, 5.41) is 20.7. The predicted octanol–water partition coefficient (Wildman–Crippen LogP) is 0.893. The van der Waals surface area contributed by atoms with E-state index in [2.05, 4.69) is 5.32 Å². The molecule has 0 saturated carbocycles. The number of carbonyl (C=O) groups excluding carboxylic acids is 1. The normalized spacial score (nSPS) is 21.6. The molecule has 2 unspecified atom stereocenters. The van der Waals surface area contributed by atoms with Gasteiger partial charge < -0.3 is 20.3 Å². The molecule has 0 radical (unpaired) electrons. The number of rotatable bonds is 4. The first-order chi connectivity index (χ1) is 9.47. The number of phenols is 1. The smallest absolute Gasteiger partial charge is 0.332 e. The van der Waals surface area contributed by atoms with Gasteiger partial charge in [0.2, 0.25) is 0 Å². The number of phenolic OH excluding ortho intramolecular Hbond substituents is 1. The van der Waals surface area contributed by atoms with E-state index in [9.17, 15) is 19.1 Å². The highest BCUT2D eigenvalue weighted by molar-refractivity contribution is 5.96. The molecule has 0 spiro atoms.